The fourth-order valence-corrected chi connectivity index (χ4v) is 3.49. The van der Waals surface area contributed by atoms with Crippen molar-refractivity contribution in [3.05, 3.63) is 53.5 Å². The molecule has 0 saturated heterocycles. The lowest BCUT2D eigenvalue weighted by Crippen LogP contribution is -2.18. The molecule has 0 aliphatic heterocycles. The quantitative estimate of drug-likeness (QED) is 0.432. The molecule has 0 spiro atoms. The lowest BCUT2D eigenvalue weighted by molar-refractivity contribution is -0.384. The predicted molar refractivity (Wildman–Crippen MR) is 91.6 cm³/mol. The lowest BCUT2D eigenvalue weighted by Gasteiger charge is -2.15. The van der Waals surface area contributed by atoms with Crippen LogP contribution in [-0.4, -0.2) is 11.0 Å². The number of nitrogens with zero attached hydrogens (tertiary/aromatic N) is 1. The first-order valence-electron chi connectivity index (χ1n) is 6.32. The van der Waals surface area contributed by atoms with E-state index in [1.54, 1.807) is 33.9 Å². The number of thiophene rings is 1. The number of nitro benzene ring substituents is 1. The molecule has 4 nitrogen and oxygen atoms in total. The van der Waals surface area contributed by atoms with Crippen molar-refractivity contribution >= 4 is 45.3 Å². The molecular formula is C14H14FIN2O2S. The van der Waals surface area contributed by atoms with Crippen LogP contribution in [-0.2, 0) is 6.42 Å². The number of anilines is 1. The van der Waals surface area contributed by atoms with E-state index in [9.17, 15) is 14.5 Å². The highest BCUT2D eigenvalue weighted by Gasteiger charge is 2.19. The van der Waals surface area contributed by atoms with Gasteiger partial charge in [-0.3, -0.25) is 10.1 Å². The van der Waals surface area contributed by atoms with Gasteiger partial charge in [0.15, 0.2) is 0 Å². The van der Waals surface area contributed by atoms with Crippen LogP contribution < -0.4 is 5.32 Å². The molecule has 0 fully saturated rings. The molecule has 0 amide bonds. The molecule has 1 heterocycles. The summed E-state index contributed by atoms with van der Waals surface area (Å²) in [4.78, 5) is 13.0. The number of hydrogen-bond donors (Lipinski definition) is 1. The number of rotatable bonds is 5. The Labute approximate surface area is 139 Å². The minimum Gasteiger partial charge on any atom is -0.377 e. The Hall–Kier alpha value is -1.22. The Bertz CT molecular complexity index is 675. The highest BCUT2D eigenvalue weighted by molar-refractivity contribution is 14.1. The summed E-state index contributed by atoms with van der Waals surface area (Å²) >= 11 is 3.44. The molecule has 0 aliphatic carbocycles. The Balaban J connectivity index is 2.18. The molecule has 7 heteroatoms. The standard InChI is InChI=1S/C14H14FIN2O2S/c1-8(5-10-4-3-9(2)21-10)17-13-6-11(15)12(16)7-14(13)18(19)20/h3-4,6-8,17H,5H2,1-2H3. The van der Waals surface area contributed by atoms with Gasteiger partial charge in [-0.15, -0.1) is 11.3 Å². The summed E-state index contributed by atoms with van der Waals surface area (Å²) in [7, 11) is 0. The van der Waals surface area contributed by atoms with Crippen molar-refractivity contribution in [2.45, 2.75) is 26.3 Å². The van der Waals surface area contributed by atoms with Gasteiger partial charge in [-0.1, -0.05) is 0 Å². The molecule has 112 valence electrons. The summed E-state index contributed by atoms with van der Waals surface area (Å²) in [6, 6.07) is 6.50. The minimum atomic E-state index is -0.494. The second-order valence-corrected chi connectivity index (χ2v) is 7.34. The Kier molecular flexibility index (Phi) is 5.15. The third-order valence-electron chi connectivity index (χ3n) is 2.94. The van der Waals surface area contributed by atoms with Crippen molar-refractivity contribution < 1.29 is 9.31 Å². The molecule has 1 unspecified atom stereocenters. The maximum atomic E-state index is 13.6. The molecule has 1 aromatic carbocycles. The third kappa shape index (κ3) is 4.13. The van der Waals surface area contributed by atoms with Crippen LogP contribution in [0.25, 0.3) is 0 Å². The number of hydrogen-bond acceptors (Lipinski definition) is 4. The maximum absolute atomic E-state index is 13.6. The first-order valence-corrected chi connectivity index (χ1v) is 8.21. The van der Waals surface area contributed by atoms with E-state index in [0.717, 1.165) is 6.42 Å². The second-order valence-electron chi connectivity index (χ2n) is 4.80. The van der Waals surface area contributed by atoms with E-state index < -0.39 is 10.7 Å². The van der Waals surface area contributed by atoms with E-state index in [2.05, 4.69) is 5.32 Å². The summed E-state index contributed by atoms with van der Waals surface area (Å²) in [5.74, 6) is -0.456. The minimum absolute atomic E-state index is 0.0267. The van der Waals surface area contributed by atoms with Crippen LogP contribution in [0.3, 0.4) is 0 Å². The van der Waals surface area contributed by atoms with Crippen LogP contribution in [0.4, 0.5) is 15.8 Å². The van der Waals surface area contributed by atoms with E-state index in [-0.39, 0.29) is 21.0 Å². The zero-order chi connectivity index (χ0) is 15.6. The molecule has 1 atom stereocenters. The van der Waals surface area contributed by atoms with Gasteiger partial charge in [0.2, 0.25) is 0 Å². The fourth-order valence-electron chi connectivity index (χ4n) is 2.02. The van der Waals surface area contributed by atoms with Crippen molar-refractivity contribution in [3.8, 4) is 0 Å². The van der Waals surface area contributed by atoms with Gasteiger partial charge in [0, 0.05) is 34.3 Å². The zero-order valence-electron chi connectivity index (χ0n) is 11.5. The van der Waals surface area contributed by atoms with E-state index in [1.807, 2.05) is 26.0 Å². The highest BCUT2D eigenvalue weighted by Crippen LogP contribution is 2.29. The first-order chi connectivity index (χ1) is 9.86. The highest BCUT2D eigenvalue weighted by atomic mass is 127. The van der Waals surface area contributed by atoms with Crippen molar-refractivity contribution in [2.24, 2.45) is 0 Å². The van der Waals surface area contributed by atoms with Crippen LogP contribution in [0.1, 0.15) is 16.7 Å². The number of benzene rings is 1. The molecule has 0 aliphatic rings. The maximum Gasteiger partial charge on any atom is 0.293 e. The van der Waals surface area contributed by atoms with Crippen LogP contribution in [0.15, 0.2) is 24.3 Å². The molecular weight excluding hydrogens is 406 g/mol. The van der Waals surface area contributed by atoms with Gasteiger partial charge in [-0.2, -0.15) is 0 Å². The van der Waals surface area contributed by atoms with Gasteiger partial charge >= 0.3 is 0 Å². The van der Waals surface area contributed by atoms with Crippen molar-refractivity contribution in [1.82, 2.24) is 0 Å². The lowest BCUT2D eigenvalue weighted by atomic mass is 10.2. The first kappa shape index (κ1) is 16.2. The van der Waals surface area contributed by atoms with Crippen LogP contribution in [0, 0.1) is 26.4 Å². The molecule has 21 heavy (non-hydrogen) atoms. The van der Waals surface area contributed by atoms with Crippen molar-refractivity contribution in [3.63, 3.8) is 0 Å². The number of nitro groups is 1. The monoisotopic (exact) mass is 420 g/mol. The van der Waals surface area contributed by atoms with Gasteiger partial charge in [0.1, 0.15) is 11.5 Å². The van der Waals surface area contributed by atoms with Crippen LogP contribution in [0.2, 0.25) is 0 Å². The van der Waals surface area contributed by atoms with Gasteiger partial charge in [0.25, 0.3) is 5.69 Å². The average Bonchev–Trinajstić information content (AvgIpc) is 2.78. The van der Waals surface area contributed by atoms with E-state index >= 15 is 0 Å². The van der Waals surface area contributed by atoms with E-state index in [1.165, 1.54) is 21.9 Å². The van der Waals surface area contributed by atoms with Crippen LogP contribution >= 0.6 is 33.9 Å². The average molecular weight is 420 g/mol. The third-order valence-corrected chi connectivity index (χ3v) is 4.79. The van der Waals surface area contributed by atoms with Crippen molar-refractivity contribution in [1.29, 1.82) is 0 Å². The van der Waals surface area contributed by atoms with E-state index in [0.29, 0.717) is 0 Å². The summed E-state index contributed by atoms with van der Waals surface area (Å²) in [5, 5.41) is 14.1. The van der Waals surface area contributed by atoms with E-state index in [4.69, 9.17) is 0 Å². The fraction of sp³-hybridized carbons (Fsp3) is 0.286. The van der Waals surface area contributed by atoms with Gasteiger partial charge in [-0.05, 0) is 48.6 Å². The topological polar surface area (TPSA) is 55.2 Å². The SMILES string of the molecule is Cc1ccc(CC(C)Nc2cc(F)c(I)cc2[N+](=O)[O-])s1. The smallest absolute Gasteiger partial charge is 0.293 e. The Morgan fingerprint density at radius 1 is 1.48 bits per heavy atom. The Morgan fingerprint density at radius 2 is 2.19 bits per heavy atom. The molecule has 0 bridgehead atoms. The molecule has 2 rings (SSSR count). The normalized spacial score (nSPS) is 12.2. The Morgan fingerprint density at radius 3 is 2.76 bits per heavy atom. The number of nitrogens with one attached hydrogen (secondary N) is 1. The van der Waals surface area contributed by atoms with Crippen LogP contribution in [0.5, 0.6) is 0 Å². The number of aryl methyl sites for hydroxylation is 1. The van der Waals surface area contributed by atoms with Gasteiger partial charge in [-0.25, -0.2) is 4.39 Å². The summed E-state index contributed by atoms with van der Waals surface area (Å²) in [6.45, 7) is 3.96. The zero-order valence-corrected chi connectivity index (χ0v) is 14.5. The van der Waals surface area contributed by atoms with Gasteiger partial charge in [0.05, 0.1) is 8.49 Å². The predicted octanol–water partition coefficient (Wildman–Crippen LogP) is 4.75. The molecule has 0 radical (unpaired) electrons. The summed E-state index contributed by atoms with van der Waals surface area (Å²) < 4.78 is 13.9. The van der Waals surface area contributed by atoms with Crippen molar-refractivity contribution in [2.75, 3.05) is 5.32 Å². The second kappa shape index (κ2) is 6.69. The molecule has 0 saturated carbocycles. The summed E-state index contributed by atoms with van der Waals surface area (Å²) in [5.41, 5.74) is 0.119. The largest absolute Gasteiger partial charge is 0.377 e. The number of halogens is 2. The summed E-state index contributed by atoms with van der Waals surface area (Å²) in [6.07, 6.45) is 0.739. The molecule has 2 aromatic rings. The molecule has 1 aromatic heterocycles. The molecule has 1 N–H and O–H groups in total. The van der Waals surface area contributed by atoms with Gasteiger partial charge < -0.3 is 5.32 Å².